The lowest BCUT2D eigenvalue weighted by atomic mass is 10.1. The molecule has 3 N–H and O–H groups in total. The van der Waals surface area contributed by atoms with Gasteiger partial charge in [0.1, 0.15) is 0 Å². The van der Waals surface area contributed by atoms with Crippen LogP contribution in [0.3, 0.4) is 0 Å². The fourth-order valence-corrected chi connectivity index (χ4v) is 4.96. The average molecular weight is 426 g/mol. The van der Waals surface area contributed by atoms with Gasteiger partial charge in [-0.1, -0.05) is 32.9 Å². The van der Waals surface area contributed by atoms with E-state index in [4.69, 9.17) is 0 Å². The van der Waals surface area contributed by atoms with Gasteiger partial charge < -0.3 is 16.0 Å². The molecule has 0 radical (unpaired) electrons. The summed E-state index contributed by atoms with van der Waals surface area (Å²) in [5.74, 6) is 9.54. The van der Waals surface area contributed by atoms with Crippen LogP contribution in [0.25, 0.3) is 0 Å². The normalized spacial score (nSPS) is 22.7. The molecule has 0 heterocycles. The maximum atomic E-state index is 4.34. The third-order valence-corrected chi connectivity index (χ3v) is 7.05. The van der Waals surface area contributed by atoms with Gasteiger partial charge in [0.05, 0.1) is 0 Å². The van der Waals surface area contributed by atoms with Crippen LogP contribution in [0.1, 0.15) is 84.5 Å². The third kappa shape index (κ3) is 10.1. The lowest BCUT2D eigenvalue weighted by molar-refractivity contribution is 0.463. The molecule has 0 amide bonds. The van der Waals surface area contributed by atoms with Gasteiger partial charge in [0.15, 0.2) is 0 Å². The molecule has 3 atom stereocenters. The first-order valence-corrected chi connectivity index (χ1v) is 12.8. The smallest absolute Gasteiger partial charge is 0.0464 e. The Kier molecular flexibility index (Phi) is 12.8. The highest BCUT2D eigenvalue weighted by Crippen LogP contribution is 2.54. The third-order valence-electron chi connectivity index (χ3n) is 7.05. The summed E-state index contributed by atoms with van der Waals surface area (Å²) < 4.78 is 0. The van der Waals surface area contributed by atoms with Crippen LogP contribution in [0.4, 0.5) is 0 Å². The summed E-state index contributed by atoms with van der Waals surface area (Å²) in [6, 6.07) is 0.330. The molecule has 174 valence electrons. The number of hydrogen-bond acceptors (Lipinski definition) is 3. The predicted octanol–water partition coefficient (Wildman–Crippen LogP) is 5.56. The first kappa shape index (κ1) is 25.8. The van der Waals surface area contributed by atoms with Crippen molar-refractivity contribution in [1.82, 2.24) is 16.0 Å². The molecule has 3 nitrogen and oxygen atoms in total. The molecule has 2 rings (SSSR count). The van der Waals surface area contributed by atoms with Crippen LogP contribution in [-0.4, -0.2) is 32.2 Å². The average Bonchev–Trinajstić information content (AvgIpc) is 3.41. The van der Waals surface area contributed by atoms with Crippen LogP contribution in [-0.2, 0) is 0 Å². The maximum absolute atomic E-state index is 4.34. The molecule has 0 aromatic rings. The van der Waals surface area contributed by atoms with Crippen molar-refractivity contribution in [3.63, 3.8) is 0 Å². The van der Waals surface area contributed by atoms with Crippen molar-refractivity contribution >= 4 is 0 Å². The molecule has 1 fully saturated rings. The van der Waals surface area contributed by atoms with Crippen LogP contribution in [0, 0.1) is 29.6 Å². The lowest BCUT2D eigenvalue weighted by Crippen LogP contribution is -2.37. The van der Waals surface area contributed by atoms with Crippen molar-refractivity contribution in [2.75, 3.05) is 26.2 Å². The fraction of sp³-hybridized carbons (Fsp3) is 0.750. The monoisotopic (exact) mass is 425 g/mol. The molecule has 3 heteroatoms. The van der Waals surface area contributed by atoms with E-state index in [0.29, 0.717) is 6.04 Å². The Labute approximate surface area is 192 Å². The highest BCUT2D eigenvalue weighted by molar-refractivity contribution is 5.09. The van der Waals surface area contributed by atoms with Gasteiger partial charge in [-0.25, -0.2) is 0 Å². The summed E-state index contributed by atoms with van der Waals surface area (Å²) >= 11 is 0. The second-order valence-corrected chi connectivity index (χ2v) is 9.51. The Morgan fingerprint density at radius 2 is 1.74 bits per heavy atom. The van der Waals surface area contributed by atoms with Crippen molar-refractivity contribution < 1.29 is 0 Å². The molecule has 31 heavy (non-hydrogen) atoms. The van der Waals surface area contributed by atoms with Gasteiger partial charge in [-0.05, 0) is 94.8 Å². The van der Waals surface area contributed by atoms with E-state index in [9.17, 15) is 0 Å². The Morgan fingerprint density at radius 3 is 2.42 bits per heavy atom. The predicted molar refractivity (Wildman–Crippen MR) is 135 cm³/mol. The number of nitrogens with one attached hydrogen (secondary N) is 3. The summed E-state index contributed by atoms with van der Waals surface area (Å²) in [5.41, 5.74) is 5.20. The Hall–Kier alpha value is -1.46. The standard InChI is InChI=1S/C28H47N3/c1-5-7-12-19-29-20-14-18-28(24(4)31-22-23(3)6-2)30-21-13-17-27-25-15-10-8-9-11-16-26(25)27/h25-31H,2,4-5,7,10-22H2,1,3H3. The second kappa shape index (κ2) is 15.4. The van der Waals surface area contributed by atoms with E-state index in [1.807, 2.05) is 0 Å². The first-order chi connectivity index (χ1) is 15.2. The van der Waals surface area contributed by atoms with E-state index in [2.05, 4.69) is 60.5 Å². The highest BCUT2D eigenvalue weighted by atomic mass is 15.0. The number of hydrogen-bond donors (Lipinski definition) is 3. The van der Waals surface area contributed by atoms with Gasteiger partial charge >= 0.3 is 0 Å². The highest BCUT2D eigenvalue weighted by Gasteiger charge is 2.47. The summed E-state index contributed by atoms with van der Waals surface area (Å²) in [6.45, 7) is 16.5. The van der Waals surface area contributed by atoms with Crippen LogP contribution in [0.5, 0.6) is 0 Å². The lowest BCUT2D eigenvalue weighted by Gasteiger charge is -2.23. The summed E-state index contributed by atoms with van der Waals surface area (Å²) in [4.78, 5) is 0. The molecule has 2 aliphatic carbocycles. The van der Waals surface area contributed by atoms with Crippen molar-refractivity contribution in [3.8, 4) is 11.8 Å². The van der Waals surface area contributed by atoms with Crippen molar-refractivity contribution in [2.45, 2.75) is 90.5 Å². The van der Waals surface area contributed by atoms with E-state index < -0.39 is 0 Å². The largest absolute Gasteiger partial charge is 0.383 e. The molecule has 2 aliphatic rings. The molecular formula is C28H47N3. The van der Waals surface area contributed by atoms with Gasteiger partial charge in [-0.2, -0.15) is 0 Å². The minimum Gasteiger partial charge on any atom is -0.383 e. The number of rotatable bonds is 17. The Balaban J connectivity index is 1.67. The molecule has 1 saturated carbocycles. The zero-order valence-electron chi connectivity index (χ0n) is 20.3. The second-order valence-electron chi connectivity index (χ2n) is 9.51. The van der Waals surface area contributed by atoms with E-state index in [1.54, 1.807) is 0 Å². The molecule has 0 aromatic heterocycles. The van der Waals surface area contributed by atoms with Crippen LogP contribution in [0.15, 0.2) is 30.2 Å². The van der Waals surface area contributed by atoms with Crippen molar-refractivity contribution in [2.24, 2.45) is 17.8 Å². The SMILES string of the molecule is C=C=C(C)CNC(=C)C(CCCNCCCCC)NCCCC1C2CCC#CCCC21. The maximum Gasteiger partial charge on any atom is 0.0464 e. The Bertz CT molecular complexity index is 616. The summed E-state index contributed by atoms with van der Waals surface area (Å²) in [6.07, 6.45) is 13.7. The fourth-order valence-electron chi connectivity index (χ4n) is 4.96. The number of unbranched alkanes of at least 4 members (excludes halogenated alkanes) is 2. The van der Waals surface area contributed by atoms with Crippen LogP contribution < -0.4 is 16.0 Å². The van der Waals surface area contributed by atoms with E-state index in [-0.39, 0.29) is 0 Å². The summed E-state index contributed by atoms with van der Waals surface area (Å²) in [5, 5.41) is 10.9. The molecule has 0 spiro atoms. The van der Waals surface area contributed by atoms with E-state index in [1.165, 1.54) is 51.4 Å². The Morgan fingerprint density at radius 1 is 1.03 bits per heavy atom. The van der Waals surface area contributed by atoms with Gasteiger partial charge in [-0.3, -0.25) is 0 Å². The molecule has 0 aliphatic heterocycles. The van der Waals surface area contributed by atoms with Gasteiger partial charge in [0.25, 0.3) is 0 Å². The first-order valence-electron chi connectivity index (χ1n) is 12.8. The zero-order chi connectivity index (χ0) is 22.3. The molecule has 0 bridgehead atoms. The zero-order valence-corrected chi connectivity index (χ0v) is 20.3. The van der Waals surface area contributed by atoms with Gasteiger partial charge in [0.2, 0.25) is 0 Å². The van der Waals surface area contributed by atoms with Gasteiger partial charge in [0, 0.05) is 31.1 Å². The molecular weight excluding hydrogens is 378 g/mol. The number of fused-ring (bicyclic) bond motifs is 1. The molecule has 0 aromatic carbocycles. The quantitative estimate of drug-likeness (QED) is 0.162. The van der Waals surface area contributed by atoms with E-state index in [0.717, 1.165) is 74.5 Å². The molecule has 3 unspecified atom stereocenters. The van der Waals surface area contributed by atoms with Gasteiger partial charge in [-0.15, -0.1) is 17.6 Å². The minimum atomic E-state index is 0.330. The van der Waals surface area contributed by atoms with Crippen LogP contribution in [0.2, 0.25) is 0 Å². The van der Waals surface area contributed by atoms with Crippen molar-refractivity contribution in [3.05, 3.63) is 30.2 Å². The minimum absolute atomic E-state index is 0.330. The van der Waals surface area contributed by atoms with Crippen molar-refractivity contribution in [1.29, 1.82) is 0 Å². The van der Waals surface area contributed by atoms with Crippen LogP contribution >= 0.6 is 0 Å². The topological polar surface area (TPSA) is 36.1 Å². The molecule has 0 saturated heterocycles. The van der Waals surface area contributed by atoms with E-state index >= 15 is 0 Å². The summed E-state index contributed by atoms with van der Waals surface area (Å²) in [7, 11) is 0.